The fraction of sp³-hybridized carbons (Fsp3) is 0.391. The number of rotatable bonds is 6. The molecule has 0 radical (unpaired) electrons. The molecule has 2 aromatic rings. The quantitative estimate of drug-likeness (QED) is 0.667. The molecule has 2 aliphatic heterocycles. The molecule has 0 aliphatic carbocycles. The van der Waals surface area contributed by atoms with Crippen molar-refractivity contribution in [2.45, 2.75) is 50.7 Å². The van der Waals surface area contributed by atoms with Crippen LogP contribution in [0.5, 0.6) is 11.5 Å². The second-order valence-corrected chi connectivity index (χ2v) is 9.91. The molecule has 0 spiro atoms. The Morgan fingerprint density at radius 2 is 2.06 bits per heavy atom. The van der Waals surface area contributed by atoms with Crippen molar-refractivity contribution in [1.29, 1.82) is 0 Å². The molecule has 2 N–H and O–H groups in total. The molecule has 2 aliphatic rings. The van der Waals surface area contributed by atoms with E-state index in [4.69, 9.17) is 9.47 Å². The van der Waals surface area contributed by atoms with Crippen molar-refractivity contribution >= 4 is 33.2 Å². The zero-order chi connectivity index (χ0) is 23.8. The maximum Gasteiger partial charge on any atom is 0.265 e. The van der Waals surface area contributed by atoms with Gasteiger partial charge >= 0.3 is 0 Å². The predicted octanol–water partition coefficient (Wildman–Crippen LogP) is 2.90. The van der Waals surface area contributed by atoms with Crippen LogP contribution in [0.4, 0.5) is 11.4 Å². The molecular weight excluding hydrogens is 446 g/mol. The summed E-state index contributed by atoms with van der Waals surface area (Å²) in [5.41, 5.74) is 1.38. The summed E-state index contributed by atoms with van der Waals surface area (Å²) in [6, 6.07) is 9.20. The van der Waals surface area contributed by atoms with E-state index < -0.39 is 28.1 Å². The molecule has 1 saturated heterocycles. The molecule has 2 aromatic carbocycles. The van der Waals surface area contributed by atoms with Gasteiger partial charge in [-0.15, -0.1) is 0 Å². The average Bonchev–Trinajstić information content (AvgIpc) is 3.27. The third kappa shape index (κ3) is 4.40. The van der Waals surface area contributed by atoms with Crippen LogP contribution in [0.3, 0.4) is 0 Å². The smallest absolute Gasteiger partial charge is 0.265 e. The van der Waals surface area contributed by atoms with Gasteiger partial charge in [-0.3, -0.25) is 9.59 Å². The van der Waals surface area contributed by atoms with Crippen molar-refractivity contribution in [2.24, 2.45) is 0 Å². The van der Waals surface area contributed by atoms with Gasteiger partial charge in [-0.05, 0) is 57.4 Å². The summed E-state index contributed by atoms with van der Waals surface area (Å²) in [4.78, 5) is 25.0. The van der Waals surface area contributed by atoms with Gasteiger partial charge in [0.2, 0.25) is 15.9 Å². The molecule has 2 amide bonds. The number of benzene rings is 2. The third-order valence-corrected chi connectivity index (χ3v) is 7.80. The monoisotopic (exact) mass is 473 g/mol. The van der Waals surface area contributed by atoms with Gasteiger partial charge in [0.1, 0.15) is 17.5 Å². The molecule has 4 rings (SSSR count). The van der Waals surface area contributed by atoms with E-state index in [9.17, 15) is 18.0 Å². The van der Waals surface area contributed by atoms with Crippen LogP contribution in [0.25, 0.3) is 0 Å². The Kier molecular flexibility index (Phi) is 6.31. The maximum absolute atomic E-state index is 13.6. The van der Waals surface area contributed by atoms with Crippen molar-refractivity contribution in [1.82, 2.24) is 4.31 Å². The highest BCUT2D eigenvalue weighted by Gasteiger charge is 2.41. The van der Waals surface area contributed by atoms with Crippen molar-refractivity contribution in [3.63, 3.8) is 0 Å². The SMILES string of the molecule is CCOc1ccccc1NC(=O)[C@@H]1CCCN1S(=O)(=O)c1cc2c(cc1C)NC(=O)[C@H](C)O2. The fourth-order valence-corrected chi connectivity index (χ4v) is 5.98. The fourth-order valence-electron chi connectivity index (χ4n) is 4.10. The van der Waals surface area contributed by atoms with E-state index in [1.165, 1.54) is 10.4 Å². The summed E-state index contributed by atoms with van der Waals surface area (Å²) >= 11 is 0. The number of amides is 2. The molecule has 2 heterocycles. The lowest BCUT2D eigenvalue weighted by molar-refractivity contribution is -0.122. The summed E-state index contributed by atoms with van der Waals surface area (Å²) in [5.74, 6) is 0.119. The summed E-state index contributed by atoms with van der Waals surface area (Å²) in [7, 11) is -3.99. The Bertz CT molecular complexity index is 1200. The minimum atomic E-state index is -3.99. The lowest BCUT2D eigenvalue weighted by Gasteiger charge is -2.27. The molecule has 0 aromatic heterocycles. The number of fused-ring (bicyclic) bond motifs is 1. The first-order chi connectivity index (χ1) is 15.7. The number of ether oxygens (including phenoxy) is 2. The number of aryl methyl sites for hydroxylation is 1. The number of sulfonamides is 1. The van der Waals surface area contributed by atoms with Gasteiger partial charge in [-0.2, -0.15) is 4.31 Å². The first-order valence-corrected chi connectivity index (χ1v) is 12.3. The van der Waals surface area contributed by atoms with Crippen molar-refractivity contribution in [2.75, 3.05) is 23.8 Å². The molecule has 0 unspecified atom stereocenters. The number of carbonyl (C=O) groups excluding carboxylic acids is 2. The van der Waals surface area contributed by atoms with Crippen LogP contribution in [0.15, 0.2) is 41.3 Å². The second-order valence-electron chi connectivity index (χ2n) is 8.06. The molecule has 2 atom stereocenters. The van der Waals surface area contributed by atoms with E-state index in [-0.39, 0.29) is 23.1 Å². The number of para-hydroxylation sites is 2. The molecule has 0 saturated carbocycles. The Labute approximate surface area is 193 Å². The minimum Gasteiger partial charge on any atom is -0.492 e. The van der Waals surface area contributed by atoms with Gasteiger partial charge in [0.25, 0.3) is 5.91 Å². The zero-order valence-electron chi connectivity index (χ0n) is 18.8. The number of hydrogen-bond donors (Lipinski definition) is 2. The van der Waals surface area contributed by atoms with E-state index in [2.05, 4.69) is 10.6 Å². The molecular formula is C23H27N3O6S. The van der Waals surface area contributed by atoms with Crippen LogP contribution in [-0.4, -0.2) is 49.8 Å². The summed E-state index contributed by atoms with van der Waals surface area (Å²) in [6.45, 7) is 5.77. The van der Waals surface area contributed by atoms with Crippen LogP contribution in [-0.2, 0) is 19.6 Å². The van der Waals surface area contributed by atoms with Gasteiger partial charge in [0, 0.05) is 12.6 Å². The van der Waals surface area contributed by atoms with Crippen LogP contribution < -0.4 is 20.1 Å². The standard InChI is InChI=1S/C23H27N3O6S/c1-4-31-19-10-6-5-8-16(19)24-23(28)18-9-7-11-26(18)33(29,30)21-13-20-17(12-14(21)2)25-22(27)15(3)32-20/h5-6,8,10,12-13,15,18H,4,7,9,11H2,1-3H3,(H,24,28)(H,25,27)/t15-,18-/m0/s1. The molecule has 33 heavy (non-hydrogen) atoms. The average molecular weight is 474 g/mol. The van der Waals surface area contributed by atoms with Gasteiger partial charge < -0.3 is 20.1 Å². The van der Waals surface area contributed by atoms with Crippen molar-refractivity contribution in [3.8, 4) is 11.5 Å². The Balaban J connectivity index is 1.61. The molecule has 1 fully saturated rings. The summed E-state index contributed by atoms with van der Waals surface area (Å²) in [6.07, 6.45) is 0.250. The van der Waals surface area contributed by atoms with Gasteiger partial charge in [-0.25, -0.2) is 8.42 Å². The molecule has 9 nitrogen and oxygen atoms in total. The molecule has 0 bridgehead atoms. The lowest BCUT2D eigenvalue weighted by atomic mass is 10.1. The zero-order valence-corrected chi connectivity index (χ0v) is 19.6. The van der Waals surface area contributed by atoms with Crippen molar-refractivity contribution < 1.29 is 27.5 Å². The second kappa shape index (κ2) is 9.03. The number of hydrogen-bond acceptors (Lipinski definition) is 6. The van der Waals surface area contributed by atoms with E-state index in [0.717, 1.165) is 0 Å². The Morgan fingerprint density at radius 1 is 1.30 bits per heavy atom. The predicted molar refractivity (Wildman–Crippen MR) is 123 cm³/mol. The summed E-state index contributed by atoms with van der Waals surface area (Å²) in [5, 5.41) is 5.54. The maximum atomic E-state index is 13.6. The van der Waals surface area contributed by atoms with E-state index in [1.54, 1.807) is 44.2 Å². The highest BCUT2D eigenvalue weighted by atomic mass is 32.2. The van der Waals surface area contributed by atoms with Crippen LogP contribution in [0, 0.1) is 6.92 Å². The highest BCUT2D eigenvalue weighted by Crippen LogP contribution is 2.37. The minimum absolute atomic E-state index is 0.0546. The third-order valence-electron chi connectivity index (χ3n) is 5.75. The number of nitrogens with zero attached hydrogens (tertiary/aromatic N) is 1. The largest absolute Gasteiger partial charge is 0.492 e. The lowest BCUT2D eigenvalue weighted by Crippen LogP contribution is -2.43. The van der Waals surface area contributed by atoms with Crippen LogP contribution >= 0.6 is 0 Å². The topological polar surface area (TPSA) is 114 Å². The molecule has 10 heteroatoms. The van der Waals surface area contributed by atoms with Gasteiger partial charge in [0.15, 0.2) is 6.10 Å². The Morgan fingerprint density at radius 3 is 2.82 bits per heavy atom. The van der Waals surface area contributed by atoms with Gasteiger partial charge in [-0.1, -0.05) is 12.1 Å². The number of anilines is 2. The van der Waals surface area contributed by atoms with Crippen LogP contribution in [0.2, 0.25) is 0 Å². The van der Waals surface area contributed by atoms with Crippen molar-refractivity contribution in [3.05, 3.63) is 42.0 Å². The first kappa shape index (κ1) is 23.1. The van der Waals surface area contributed by atoms with Gasteiger partial charge in [0.05, 0.1) is 22.9 Å². The first-order valence-electron chi connectivity index (χ1n) is 10.9. The van der Waals surface area contributed by atoms with E-state index in [1.807, 2.05) is 6.92 Å². The number of nitrogens with one attached hydrogen (secondary N) is 2. The summed E-state index contributed by atoms with van der Waals surface area (Å²) < 4.78 is 39.6. The van der Waals surface area contributed by atoms with E-state index in [0.29, 0.717) is 42.1 Å². The van der Waals surface area contributed by atoms with Crippen LogP contribution in [0.1, 0.15) is 32.3 Å². The van der Waals surface area contributed by atoms with E-state index >= 15 is 0 Å². The number of carbonyl (C=O) groups is 2. The highest BCUT2D eigenvalue weighted by molar-refractivity contribution is 7.89. The molecule has 176 valence electrons. The normalized spacial score (nSPS) is 20.5. The Hall–Kier alpha value is -3.11.